The molecule has 0 saturated carbocycles. The van der Waals surface area contributed by atoms with E-state index in [-0.39, 0.29) is 0 Å². The van der Waals surface area contributed by atoms with Crippen molar-refractivity contribution in [3.05, 3.63) is 29.6 Å². The van der Waals surface area contributed by atoms with Crippen LogP contribution in [0.1, 0.15) is 40.2 Å². The third-order valence-electron chi connectivity index (χ3n) is 2.77. The van der Waals surface area contributed by atoms with Crippen molar-refractivity contribution in [2.24, 2.45) is 5.14 Å². The molecule has 1 amide bonds. The van der Waals surface area contributed by atoms with Gasteiger partial charge in [-0.3, -0.25) is 0 Å². The molecule has 1 aromatic carbocycles. The molecule has 8 heteroatoms. The first-order valence-electron chi connectivity index (χ1n) is 6.56. The number of halogens is 1. The van der Waals surface area contributed by atoms with Crippen molar-refractivity contribution in [2.45, 2.75) is 50.7 Å². The summed E-state index contributed by atoms with van der Waals surface area (Å²) in [5.74, 6) is -0.973. The number of carbonyl (C=O) groups excluding carboxylic acids is 1. The molecule has 0 unspecified atom stereocenters. The third kappa shape index (κ3) is 4.96. The molecular weight excluding hydrogens is 311 g/mol. The molecule has 0 aliphatic heterocycles. The number of nitrogens with two attached hydrogens (primary N) is 1. The summed E-state index contributed by atoms with van der Waals surface area (Å²) in [5.41, 5.74) is -1.24. The van der Waals surface area contributed by atoms with E-state index in [1.807, 2.05) is 0 Å². The number of hydrogen-bond donors (Lipinski definition) is 2. The summed E-state index contributed by atoms with van der Waals surface area (Å²) in [4.78, 5) is 11.2. The summed E-state index contributed by atoms with van der Waals surface area (Å²) in [5, 5.41) is 7.52. The minimum Gasteiger partial charge on any atom is -0.444 e. The van der Waals surface area contributed by atoms with Gasteiger partial charge in [-0.15, -0.1) is 0 Å². The quantitative estimate of drug-likeness (QED) is 0.886. The number of carbonyl (C=O) groups is 1. The Labute approximate surface area is 129 Å². The summed E-state index contributed by atoms with van der Waals surface area (Å²) in [6.07, 6.45) is -0.659. The number of nitrogens with one attached hydrogen (secondary N) is 1. The molecule has 0 aromatic heterocycles. The monoisotopic (exact) mass is 332 g/mol. The van der Waals surface area contributed by atoms with Crippen LogP contribution in [-0.4, -0.2) is 20.1 Å². The van der Waals surface area contributed by atoms with E-state index in [0.717, 1.165) is 12.1 Å². The van der Waals surface area contributed by atoms with E-state index < -0.39 is 38.0 Å². The van der Waals surface area contributed by atoms with Crippen molar-refractivity contribution >= 4 is 16.1 Å². The van der Waals surface area contributed by atoms with Gasteiger partial charge in [0.05, 0.1) is 5.54 Å². The lowest BCUT2D eigenvalue weighted by Gasteiger charge is -2.29. The first kappa shape index (κ1) is 18.4. The zero-order valence-electron chi connectivity index (χ0n) is 13.2. The van der Waals surface area contributed by atoms with Crippen molar-refractivity contribution in [2.75, 3.05) is 0 Å². The van der Waals surface area contributed by atoms with Crippen LogP contribution in [0.25, 0.3) is 0 Å². The zero-order valence-corrected chi connectivity index (χ0v) is 14.0. The fourth-order valence-electron chi connectivity index (χ4n) is 1.75. The van der Waals surface area contributed by atoms with Crippen molar-refractivity contribution in [3.8, 4) is 0 Å². The zero-order chi connectivity index (χ0) is 17.3. The Morgan fingerprint density at radius 2 is 1.77 bits per heavy atom. The minimum atomic E-state index is -4.13. The first-order chi connectivity index (χ1) is 9.72. The number of rotatable bonds is 3. The molecule has 0 spiro atoms. The van der Waals surface area contributed by atoms with E-state index in [1.165, 1.54) is 6.07 Å². The highest BCUT2D eigenvalue weighted by Crippen LogP contribution is 2.24. The Bertz CT molecular complexity index is 679. The maximum atomic E-state index is 13.9. The van der Waals surface area contributed by atoms with Gasteiger partial charge >= 0.3 is 6.09 Å². The molecule has 6 nitrogen and oxygen atoms in total. The largest absolute Gasteiger partial charge is 0.444 e. The number of primary sulfonamides is 1. The number of hydrogen-bond acceptors (Lipinski definition) is 4. The van der Waals surface area contributed by atoms with Crippen LogP contribution in [0.3, 0.4) is 0 Å². The number of alkyl carbamates (subject to hydrolysis) is 1. The Kier molecular flexibility index (Phi) is 4.88. The molecule has 0 bridgehead atoms. The van der Waals surface area contributed by atoms with Crippen molar-refractivity contribution in [3.63, 3.8) is 0 Å². The molecule has 22 heavy (non-hydrogen) atoms. The SMILES string of the molecule is CC(C)(C)OC(=O)NC(C)(C)c1ccc(S(N)(=O)=O)c(F)c1. The average Bonchev–Trinajstić information content (AvgIpc) is 2.23. The van der Waals surface area contributed by atoms with Crippen LogP contribution in [0.5, 0.6) is 0 Å². The van der Waals surface area contributed by atoms with Crippen LogP contribution in [0, 0.1) is 5.82 Å². The van der Waals surface area contributed by atoms with Crippen LogP contribution >= 0.6 is 0 Å². The van der Waals surface area contributed by atoms with Crippen LogP contribution in [0.2, 0.25) is 0 Å². The third-order valence-corrected chi connectivity index (χ3v) is 3.72. The molecule has 0 atom stereocenters. The molecule has 1 aromatic rings. The summed E-state index contributed by atoms with van der Waals surface area (Å²) in [6.45, 7) is 8.45. The summed E-state index contributed by atoms with van der Waals surface area (Å²) < 4.78 is 41.4. The standard InChI is InChI=1S/C14H21FN2O4S/c1-13(2,3)21-12(18)17-14(4,5)9-6-7-11(10(15)8-9)22(16,19)20/h6-8H,1-5H3,(H,17,18)(H2,16,19,20). The van der Waals surface area contributed by atoms with Gasteiger partial charge in [0, 0.05) is 0 Å². The van der Waals surface area contributed by atoms with E-state index in [1.54, 1.807) is 34.6 Å². The van der Waals surface area contributed by atoms with E-state index in [2.05, 4.69) is 5.32 Å². The molecule has 0 fully saturated rings. The van der Waals surface area contributed by atoms with Gasteiger partial charge in [0.15, 0.2) is 0 Å². The lowest BCUT2D eigenvalue weighted by atomic mass is 9.94. The topological polar surface area (TPSA) is 98.5 Å². The van der Waals surface area contributed by atoms with E-state index in [4.69, 9.17) is 9.88 Å². The van der Waals surface area contributed by atoms with Gasteiger partial charge in [-0.1, -0.05) is 6.07 Å². The van der Waals surface area contributed by atoms with Gasteiger partial charge in [0.1, 0.15) is 16.3 Å². The maximum absolute atomic E-state index is 13.9. The van der Waals surface area contributed by atoms with Crippen LogP contribution in [0.4, 0.5) is 9.18 Å². The maximum Gasteiger partial charge on any atom is 0.408 e. The van der Waals surface area contributed by atoms with Crippen LogP contribution < -0.4 is 10.5 Å². The van der Waals surface area contributed by atoms with E-state index in [9.17, 15) is 17.6 Å². The van der Waals surface area contributed by atoms with Crippen LogP contribution in [-0.2, 0) is 20.3 Å². The summed E-state index contributed by atoms with van der Waals surface area (Å²) in [7, 11) is -4.13. The fraction of sp³-hybridized carbons (Fsp3) is 0.500. The van der Waals surface area contributed by atoms with E-state index in [0.29, 0.717) is 5.56 Å². The lowest BCUT2D eigenvalue weighted by molar-refractivity contribution is 0.0470. The van der Waals surface area contributed by atoms with Gasteiger partial charge in [-0.05, 0) is 52.3 Å². The Morgan fingerprint density at radius 3 is 2.18 bits per heavy atom. The van der Waals surface area contributed by atoms with Crippen LogP contribution in [0.15, 0.2) is 23.1 Å². The average molecular weight is 332 g/mol. The normalized spacial score (nSPS) is 12.9. The highest BCUT2D eigenvalue weighted by atomic mass is 32.2. The predicted octanol–water partition coefficient (Wildman–Crippen LogP) is 2.23. The molecule has 0 saturated heterocycles. The van der Waals surface area contributed by atoms with Gasteiger partial charge < -0.3 is 10.1 Å². The molecule has 124 valence electrons. The lowest BCUT2D eigenvalue weighted by Crippen LogP contribution is -2.43. The number of amides is 1. The summed E-state index contributed by atoms with van der Waals surface area (Å²) >= 11 is 0. The van der Waals surface area contributed by atoms with Crippen molar-refractivity contribution < 1.29 is 22.3 Å². The fourth-order valence-corrected chi connectivity index (χ4v) is 2.34. The van der Waals surface area contributed by atoms with Crippen molar-refractivity contribution in [1.29, 1.82) is 0 Å². The molecule has 1 rings (SSSR count). The molecule has 0 aliphatic carbocycles. The first-order valence-corrected chi connectivity index (χ1v) is 8.11. The molecule has 0 heterocycles. The second-order valence-corrected chi connectivity index (χ2v) is 7.97. The van der Waals surface area contributed by atoms with Gasteiger partial charge in [0.25, 0.3) is 0 Å². The number of sulfonamides is 1. The van der Waals surface area contributed by atoms with Gasteiger partial charge in [-0.2, -0.15) is 0 Å². The minimum absolute atomic E-state index is 0.378. The Hall–Kier alpha value is -1.67. The Morgan fingerprint density at radius 1 is 1.23 bits per heavy atom. The number of benzene rings is 1. The summed E-state index contributed by atoms with van der Waals surface area (Å²) in [6, 6.07) is 3.48. The highest BCUT2D eigenvalue weighted by Gasteiger charge is 2.27. The molecule has 0 radical (unpaired) electrons. The number of ether oxygens (including phenoxy) is 1. The molecule has 3 N–H and O–H groups in total. The molecular formula is C14H21FN2O4S. The highest BCUT2D eigenvalue weighted by molar-refractivity contribution is 7.89. The van der Waals surface area contributed by atoms with E-state index >= 15 is 0 Å². The second-order valence-electron chi connectivity index (χ2n) is 6.44. The Balaban J connectivity index is 3.04. The van der Waals surface area contributed by atoms with Gasteiger partial charge in [0.2, 0.25) is 10.0 Å². The predicted molar refractivity (Wildman–Crippen MR) is 80.2 cm³/mol. The second kappa shape index (κ2) is 5.85. The van der Waals surface area contributed by atoms with Gasteiger partial charge in [-0.25, -0.2) is 22.7 Å². The smallest absolute Gasteiger partial charge is 0.408 e. The van der Waals surface area contributed by atoms with Crippen molar-refractivity contribution in [1.82, 2.24) is 5.32 Å². The molecule has 0 aliphatic rings.